The van der Waals surface area contributed by atoms with Gasteiger partial charge in [-0.15, -0.1) is 0 Å². The first-order chi connectivity index (χ1) is 20.6. The number of hydrogen-bond acceptors (Lipinski definition) is 6. The normalized spacial score (nSPS) is 12.8. The van der Waals surface area contributed by atoms with Gasteiger partial charge in [-0.05, 0) is 68.4 Å². The third-order valence-corrected chi connectivity index (χ3v) is 7.41. The number of unbranched alkanes of at least 4 members (excludes halogenated alkanes) is 3. The molecule has 11 nitrogen and oxygen atoms in total. The summed E-state index contributed by atoms with van der Waals surface area (Å²) in [5.74, 6) is 0.760. The predicted molar refractivity (Wildman–Crippen MR) is 164 cm³/mol. The fourth-order valence-electron chi connectivity index (χ4n) is 4.89. The summed E-state index contributed by atoms with van der Waals surface area (Å²) in [4.78, 5) is 30.9. The summed E-state index contributed by atoms with van der Waals surface area (Å²) in [7, 11) is 1.60. The Kier molecular flexibility index (Phi) is 10.0. The molecule has 224 valence electrons. The molecule has 1 aromatic carbocycles. The van der Waals surface area contributed by atoms with Crippen molar-refractivity contribution in [1.29, 1.82) is 0 Å². The fraction of sp³-hybridized carbons (Fsp3) is 0.452. The van der Waals surface area contributed by atoms with Crippen molar-refractivity contribution >= 4 is 39.8 Å². The van der Waals surface area contributed by atoms with Crippen LogP contribution in [0.3, 0.4) is 0 Å². The lowest BCUT2D eigenvalue weighted by molar-refractivity contribution is 0.240. The molecule has 11 heteroatoms. The van der Waals surface area contributed by atoms with E-state index in [4.69, 9.17) is 9.15 Å². The summed E-state index contributed by atoms with van der Waals surface area (Å²) in [6.07, 6.45) is 13.3. The molecule has 0 spiro atoms. The van der Waals surface area contributed by atoms with E-state index in [0.29, 0.717) is 32.2 Å². The number of nitrogens with zero attached hydrogens (tertiary/aromatic N) is 1. The average Bonchev–Trinajstić information content (AvgIpc) is 3.59. The van der Waals surface area contributed by atoms with E-state index >= 15 is 0 Å². The van der Waals surface area contributed by atoms with Crippen LogP contribution in [0.2, 0.25) is 0 Å². The Bertz CT molecular complexity index is 1480. The Morgan fingerprint density at radius 1 is 0.976 bits per heavy atom. The summed E-state index contributed by atoms with van der Waals surface area (Å²) in [6.45, 7) is 2.67. The van der Waals surface area contributed by atoms with Crippen LogP contribution in [0.15, 0.2) is 47.3 Å². The van der Waals surface area contributed by atoms with E-state index in [1.54, 1.807) is 19.5 Å². The van der Waals surface area contributed by atoms with E-state index < -0.39 is 0 Å². The number of hydrogen-bond donors (Lipinski definition) is 6. The van der Waals surface area contributed by atoms with Crippen LogP contribution in [-0.2, 0) is 12.8 Å². The molecular formula is C31H41N7O4. The molecule has 0 radical (unpaired) electrons. The lowest BCUT2D eigenvalue weighted by Gasteiger charge is -2.09. The number of nitrogens with one attached hydrogen (secondary N) is 6. The molecule has 1 aliphatic rings. The molecule has 1 fully saturated rings. The molecule has 0 saturated heterocycles. The first-order valence-electron chi connectivity index (χ1n) is 14.9. The second kappa shape index (κ2) is 14.5. The van der Waals surface area contributed by atoms with Crippen LogP contribution in [0.25, 0.3) is 22.0 Å². The number of pyridine rings is 1. The largest absolute Gasteiger partial charge is 0.492 e. The zero-order valence-corrected chi connectivity index (χ0v) is 24.2. The zero-order chi connectivity index (χ0) is 29.1. The van der Waals surface area contributed by atoms with Gasteiger partial charge in [0.2, 0.25) is 0 Å². The molecule has 1 saturated carbocycles. The number of urea groups is 2. The van der Waals surface area contributed by atoms with Gasteiger partial charge in [-0.25, -0.2) is 14.6 Å². The minimum absolute atomic E-state index is 0.0896. The Morgan fingerprint density at radius 2 is 1.79 bits per heavy atom. The van der Waals surface area contributed by atoms with Gasteiger partial charge in [0.1, 0.15) is 17.0 Å². The highest BCUT2D eigenvalue weighted by Crippen LogP contribution is 2.26. The molecule has 0 aliphatic heterocycles. The molecule has 0 atom stereocenters. The van der Waals surface area contributed by atoms with E-state index in [2.05, 4.69) is 42.6 Å². The number of carbonyl (C=O) groups is 2. The number of furan rings is 1. The molecule has 4 amide bonds. The minimum Gasteiger partial charge on any atom is -0.492 e. The van der Waals surface area contributed by atoms with Gasteiger partial charge in [0.05, 0.1) is 19.1 Å². The van der Waals surface area contributed by atoms with Gasteiger partial charge in [0.25, 0.3) is 0 Å². The van der Waals surface area contributed by atoms with E-state index in [1.807, 2.05) is 24.4 Å². The minimum atomic E-state index is -0.186. The quantitative estimate of drug-likeness (QED) is 0.106. The van der Waals surface area contributed by atoms with Gasteiger partial charge in [-0.2, -0.15) is 0 Å². The maximum absolute atomic E-state index is 11.9. The third kappa shape index (κ3) is 8.31. The van der Waals surface area contributed by atoms with Crippen molar-refractivity contribution in [2.75, 3.05) is 38.6 Å². The molecule has 4 aromatic rings. The van der Waals surface area contributed by atoms with Crippen LogP contribution in [0.1, 0.15) is 49.7 Å². The van der Waals surface area contributed by atoms with Crippen molar-refractivity contribution in [3.8, 4) is 5.75 Å². The molecule has 0 unspecified atom stereocenters. The predicted octanol–water partition coefficient (Wildman–Crippen LogP) is 4.84. The highest BCUT2D eigenvalue weighted by molar-refractivity contribution is 5.85. The van der Waals surface area contributed by atoms with E-state index in [0.717, 1.165) is 96.1 Å². The Morgan fingerprint density at radius 3 is 2.62 bits per heavy atom. The van der Waals surface area contributed by atoms with Crippen molar-refractivity contribution < 1.29 is 18.7 Å². The van der Waals surface area contributed by atoms with Crippen LogP contribution in [0.5, 0.6) is 5.75 Å². The van der Waals surface area contributed by atoms with Gasteiger partial charge in [-0.1, -0.05) is 12.8 Å². The van der Waals surface area contributed by atoms with Crippen molar-refractivity contribution in [3.63, 3.8) is 0 Å². The number of aromatic amines is 1. The number of fused-ring (bicyclic) bond motifs is 2. The van der Waals surface area contributed by atoms with Gasteiger partial charge >= 0.3 is 12.1 Å². The molecule has 42 heavy (non-hydrogen) atoms. The number of carbonyl (C=O) groups excluding carboxylic acids is 2. The molecule has 1 aliphatic carbocycles. The van der Waals surface area contributed by atoms with Gasteiger partial charge in [0.15, 0.2) is 0 Å². The summed E-state index contributed by atoms with van der Waals surface area (Å²) in [6, 6.07) is 8.27. The first kappa shape index (κ1) is 29.1. The summed E-state index contributed by atoms with van der Waals surface area (Å²) in [5.41, 5.74) is 4.95. The lowest BCUT2D eigenvalue weighted by atomic mass is 10.1. The smallest absolute Gasteiger partial charge is 0.315 e. The number of aromatic nitrogens is 2. The van der Waals surface area contributed by atoms with Gasteiger partial charge < -0.3 is 40.7 Å². The molecule has 3 heterocycles. The number of amides is 4. The highest BCUT2D eigenvalue weighted by Gasteiger charge is 2.22. The van der Waals surface area contributed by atoms with Crippen LogP contribution in [0, 0.1) is 0 Å². The third-order valence-electron chi connectivity index (χ3n) is 7.41. The topological polar surface area (TPSA) is 145 Å². The van der Waals surface area contributed by atoms with E-state index in [9.17, 15) is 9.59 Å². The van der Waals surface area contributed by atoms with Crippen LogP contribution in [-0.4, -0.2) is 61.4 Å². The van der Waals surface area contributed by atoms with E-state index in [1.165, 1.54) is 0 Å². The Hall–Kier alpha value is -4.41. The monoisotopic (exact) mass is 575 g/mol. The van der Waals surface area contributed by atoms with Crippen molar-refractivity contribution in [2.24, 2.45) is 0 Å². The van der Waals surface area contributed by atoms with Gasteiger partial charge in [0, 0.05) is 60.9 Å². The molecule has 5 rings (SSSR count). The SMILES string of the molecule is CNC(=O)NCCc1c[nH]c2ncc(OCCCCCCNc3ccc4occ(CCNC(=O)NC5CC5)c4c3)cc12. The summed E-state index contributed by atoms with van der Waals surface area (Å²) < 4.78 is 11.7. The first-order valence-corrected chi connectivity index (χ1v) is 14.9. The fourth-order valence-corrected chi connectivity index (χ4v) is 4.89. The average molecular weight is 576 g/mol. The second-order valence-corrected chi connectivity index (χ2v) is 10.7. The molecule has 0 bridgehead atoms. The van der Waals surface area contributed by atoms with Gasteiger partial charge in [-0.3, -0.25) is 0 Å². The molecule has 6 N–H and O–H groups in total. The standard InChI is InChI=1S/C31H41N7O4/c1-32-30(39)34-13-10-21-18-36-29-27(21)17-25(19-37-29)41-15-5-3-2-4-12-33-24-8-9-28-26(16-24)22(20-42-28)11-14-35-31(40)38-23-6-7-23/h8-9,16-20,23,33H,2-7,10-15H2,1H3,(H,36,37)(H2,32,34,39)(H2,35,38,40). The zero-order valence-electron chi connectivity index (χ0n) is 24.2. The number of benzene rings is 1. The van der Waals surface area contributed by atoms with Crippen LogP contribution < -0.4 is 31.3 Å². The number of rotatable bonds is 16. The highest BCUT2D eigenvalue weighted by atomic mass is 16.5. The summed E-state index contributed by atoms with van der Waals surface area (Å²) in [5, 5.41) is 16.9. The molecule has 3 aromatic heterocycles. The Labute approximate surface area is 245 Å². The maximum Gasteiger partial charge on any atom is 0.315 e. The number of H-pyrrole nitrogens is 1. The number of anilines is 1. The molecular weight excluding hydrogens is 534 g/mol. The van der Waals surface area contributed by atoms with Crippen molar-refractivity contribution in [3.05, 3.63) is 54.0 Å². The van der Waals surface area contributed by atoms with Crippen molar-refractivity contribution in [2.45, 2.75) is 57.4 Å². The lowest BCUT2D eigenvalue weighted by Crippen LogP contribution is -2.37. The summed E-state index contributed by atoms with van der Waals surface area (Å²) >= 11 is 0. The van der Waals surface area contributed by atoms with E-state index in [-0.39, 0.29) is 12.1 Å². The second-order valence-electron chi connectivity index (χ2n) is 10.7. The van der Waals surface area contributed by atoms with Crippen molar-refractivity contribution in [1.82, 2.24) is 31.2 Å². The Balaban J connectivity index is 0.972. The van der Waals surface area contributed by atoms with Crippen LogP contribution >= 0.6 is 0 Å². The van der Waals surface area contributed by atoms with Crippen LogP contribution in [0.4, 0.5) is 15.3 Å². The maximum atomic E-state index is 11.9. The number of ether oxygens (including phenoxy) is 1.